The SMILES string of the molecule is COc1ccc(-c2n[nH]c3c2CNCC3)c2cn[nH]c12. The van der Waals surface area contributed by atoms with Crippen molar-refractivity contribution in [2.24, 2.45) is 0 Å². The molecule has 4 rings (SSSR count). The second kappa shape index (κ2) is 4.35. The summed E-state index contributed by atoms with van der Waals surface area (Å²) < 4.78 is 5.36. The number of hydrogen-bond acceptors (Lipinski definition) is 4. The fourth-order valence-corrected chi connectivity index (χ4v) is 2.83. The van der Waals surface area contributed by atoms with Crippen molar-refractivity contribution >= 4 is 10.9 Å². The van der Waals surface area contributed by atoms with E-state index in [1.165, 1.54) is 11.3 Å². The van der Waals surface area contributed by atoms with Crippen LogP contribution in [0.1, 0.15) is 11.3 Å². The van der Waals surface area contributed by atoms with Gasteiger partial charge >= 0.3 is 0 Å². The molecule has 0 unspecified atom stereocenters. The van der Waals surface area contributed by atoms with E-state index >= 15 is 0 Å². The number of fused-ring (bicyclic) bond motifs is 2. The van der Waals surface area contributed by atoms with Crippen LogP contribution >= 0.6 is 0 Å². The molecule has 20 heavy (non-hydrogen) atoms. The summed E-state index contributed by atoms with van der Waals surface area (Å²) >= 11 is 0. The molecule has 3 heterocycles. The van der Waals surface area contributed by atoms with E-state index in [0.29, 0.717) is 0 Å². The van der Waals surface area contributed by atoms with Gasteiger partial charge in [-0.3, -0.25) is 10.2 Å². The zero-order valence-electron chi connectivity index (χ0n) is 11.2. The number of hydrogen-bond donors (Lipinski definition) is 3. The van der Waals surface area contributed by atoms with Gasteiger partial charge in [-0.15, -0.1) is 0 Å². The highest BCUT2D eigenvalue weighted by Crippen LogP contribution is 2.34. The Hall–Kier alpha value is -2.34. The third-order valence-corrected chi connectivity index (χ3v) is 3.86. The molecule has 0 atom stereocenters. The van der Waals surface area contributed by atoms with E-state index in [0.717, 1.165) is 47.4 Å². The van der Waals surface area contributed by atoms with E-state index in [1.807, 2.05) is 18.3 Å². The molecule has 0 fully saturated rings. The molecule has 1 aromatic carbocycles. The number of rotatable bonds is 2. The molecule has 6 heteroatoms. The van der Waals surface area contributed by atoms with E-state index in [2.05, 4.69) is 25.7 Å². The van der Waals surface area contributed by atoms with Crippen molar-refractivity contribution in [2.45, 2.75) is 13.0 Å². The molecule has 1 aliphatic heterocycles. The Morgan fingerprint density at radius 3 is 3.10 bits per heavy atom. The molecule has 0 saturated heterocycles. The average molecular weight is 269 g/mol. The van der Waals surface area contributed by atoms with Crippen molar-refractivity contribution in [3.63, 3.8) is 0 Å². The lowest BCUT2D eigenvalue weighted by atomic mass is 9.99. The molecule has 0 radical (unpaired) electrons. The summed E-state index contributed by atoms with van der Waals surface area (Å²) in [4.78, 5) is 0. The highest BCUT2D eigenvalue weighted by molar-refractivity contribution is 5.97. The Kier molecular flexibility index (Phi) is 2.50. The Balaban J connectivity index is 1.95. The molecule has 0 amide bonds. The van der Waals surface area contributed by atoms with Gasteiger partial charge in [0.15, 0.2) is 0 Å². The van der Waals surface area contributed by atoms with Gasteiger partial charge in [-0.25, -0.2) is 0 Å². The minimum Gasteiger partial charge on any atom is -0.494 e. The van der Waals surface area contributed by atoms with Gasteiger partial charge in [0.1, 0.15) is 11.3 Å². The van der Waals surface area contributed by atoms with E-state index in [4.69, 9.17) is 4.74 Å². The molecule has 102 valence electrons. The molecule has 0 spiro atoms. The molecule has 0 bridgehead atoms. The molecule has 0 saturated carbocycles. The Labute approximate surface area is 115 Å². The fraction of sp³-hybridized carbons (Fsp3) is 0.286. The van der Waals surface area contributed by atoms with Crippen LogP contribution in [-0.2, 0) is 13.0 Å². The van der Waals surface area contributed by atoms with Gasteiger partial charge in [0.2, 0.25) is 0 Å². The first-order valence-electron chi connectivity index (χ1n) is 6.65. The van der Waals surface area contributed by atoms with Crippen molar-refractivity contribution in [3.05, 3.63) is 29.6 Å². The quantitative estimate of drug-likeness (QED) is 0.660. The van der Waals surface area contributed by atoms with Gasteiger partial charge in [-0.1, -0.05) is 0 Å². The van der Waals surface area contributed by atoms with Gasteiger partial charge in [0.25, 0.3) is 0 Å². The summed E-state index contributed by atoms with van der Waals surface area (Å²) in [6.45, 7) is 1.85. The number of nitrogens with zero attached hydrogens (tertiary/aromatic N) is 2. The third kappa shape index (κ3) is 1.55. The molecule has 0 aliphatic carbocycles. The highest BCUT2D eigenvalue weighted by Gasteiger charge is 2.20. The van der Waals surface area contributed by atoms with Crippen molar-refractivity contribution in [2.75, 3.05) is 13.7 Å². The van der Waals surface area contributed by atoms with Crippen molar-refractivity contribution in [3.8, 4) is 17.0 Å². The summed E-state index contributed by atoms with van der Waals surface area (Å²) in [6, 6.07) is 3.99. The number of ether oxygens (including phenoxy) is 1. The maximum Gasteiger partial charge on any atom is 0.144 e. The van der Waals surface area contributed by atoms with E-state index < -0.39 is 0 Å². The molecule has 2 aromatic heterocycles. The molecule has 6 nitrogen and oxygen atoms in total. The van der Waals surface area contributed by atoms with E-state index in [1.54, 1.807) is 7.11 Å². The van der Waals surface area contributed by atoms with Crippen LogP contribution < -0.4 is 10.1 Å². The first-order chi connectivity index (χ1) is 9.88. The van der Waals surface area contributed by atoms with E-state index in [-0.39, 0.29) is 0 Å². The largest absolute Gasteiger partial charge is 0.494 e. The molecule has 3 aromatic rings. The first-order valence-corrected chi connectivity index (χ1v) is 6.65. The number of H-pyrrole nitrogens is 2. The monoisotopic (exact) mass is 269 g/mol. The molecular weight excluding hydrogens is 254 g/mol. The topological polar surface area (TPSA) is 78.6 Å². The summed E-state index contributed by atoms with van der Waals surface area (Å²) in [6.07, 6.45) is 2.82. The fourth-order valence-electron chi connectivity index (χ4n) is 2.83. The smallest absolute Gasteiger partial charge is 0.144 e. The number of aromatic amines is 2. The Morgan fingerprint density at radius 2 is 2.20 bits per heavy atom. The highest BCUT2D eigenvalue weighted by atomic mass is 16.5. The lowest BCUT2D eigenvalue weighted by molar-refractivity contribution is 0.419. The van der Waals surface area contributed by atoms with Crippen LogP contribution in [0, 0.1) is 0 Å². The molecular formula is C14H15N5O. The van der Waals surface area contributed by atoms with Crippen molar-refractivity contribution in [1.82, 2.24) is 25.7 Å². The predicted octanol–water partition coefficient (Wildman–Crippen LogP) is 1.61. The summed E-state index contributed by atoms with van der Waals surface area (Å²) in [5.41, 5.74) is 5.47. The van der Waals surface area contributed by atoms with Gasteiger partial charge in [-0.05, 0) is 12.1 Å². The van der Waals surface area contributed by atoms with Gasteiger partial charge < -0.3 is 10.1 Å². The number of nitrogens with one attached hydrogen (secondary N) is 3. The minimum absolute atomic E-state index is 0.795. The van der Waals surface area contributed by atoms with E-state index in [9.17, 15) is 0 Å². The lowest BCUT2D eigenvalue weighted by Gasteiger charge is -2.13. The van der Waals surface area contributed by atoms with Crippen LogP contribution in [0.4, 0.5) is 0 Å². The normalized spacial score (nSPS) is 14.4. The zero-order chi connectivity index (χ0) is 13.5. The van der Waals surface area contributed by atoms with Crippen LogP contribution in [0.5, 0.6) is 5.75 Å². The second-order valence-corrected chi connectivity index (χ2v) is 4.93. The van der Waals surface area contributed by atoms with Crippen molar-refractivity contribution in [1.29, 1.82) is 0 Å². The summed E-state index contributed by atoms with van der Waals surface area (Å²) in [7, 11) is 1.66. The van der Waals surface area contributed by atoms with Crippen LogP contribution in [0.25, 0.3) is 22.2 Å². The van der Waals surface area contributed by atoms with Crippen molar-refractivity contribution < 1.29 is 4.74 Å². The summed E-state index contributed by atoms with van der Waals surface area (Å²) in [5, 5.41) is 19.2. The zero-order valence-corrected chi connectivity index (χ0v) is 11.2. The standard InChI is InChI=1S/C14H15N5O/c1-20-12-3-2-8(9-7-16-18-14(9)12)13-10-6-15-5-4-11(10)17-19-13/h2-3,7,15H,4-6H2,1H3,(H,16,18)(H,17,19). The maximum atomic E-state index is 5.36. The number of benzene rings is 1. The number of methoxy groups -OCH3 is 1. The third-order valence-electron chi connectivity index (χ3n) is 3.86. The summed E-state index contributed by atoms with van der Waals surface area (Å²) in [5.74, 6) is 0.795. The van der Waals surface area contributed by atoms with Crippen LogP contribution in [-0.4, -0.2) is 34.0 Å². The maximum absolute atomic E-state index is 5.36. The molecule has 1 aliphatic rings. The number of aromatic nitrogens is 4. The Bertz CT molecular complexity index is 773. The first kappa shape index (κ1) is 11.5. The van der Waals surface area contributed by atoms with Gasteiger partial charge in [0, 0.05) is 41.7 Å². The Morgan fingerprint density at radius 1 is 1.25 bits per heavy atom. The average Bonchev–Trinajstić information content (AvgIpc) is 3.13. The van der Waals surface area contributed by atoms with Gasteiger partial charge in [-0.2, -0.15) is 10.2 Å². The predicted molar refractivity (Wildman–Crippen MR) is 75.6 cm³/mol. The van der Waals surface area contributed by atoms with Crippen LogP contribution in [0.15, 0.2) is 18.3 Å². The van der Waals surface area contributed by atoms with Crippen LogP contribution in [0.3, 0.4) is 0 Å². The minimum atomic E-state index is 0.795. The van der Waals surface area contributed by atoms with Crippen LogP contribution in [0.2, 0.25) is 0 Å². The second-order valence-electron chi connectivity index (χ2n) is 4.93. The lowest BCUT2D eigenvalue weighted by Crippen LogP contribution is -2.23. The van der Waals surface area contributed by atoms with Gasteiger partial charge in [0.05, 0.1) is 19.0 Å². The molecule has 3 N–H and O–H groups in total.